The van der Waals surface area contributed by atoms with E-state index in [9.17, 15) is 22.7 Å². The van der Waals surface area contributed by atoms with E-state index in [-0.39, 0.29) is 26.5 Å². The maximum absolute atomic E-state index is 13.8. The predicted molar refractivity (Wildman–Crippen MR) is 92.0 cm³/mol. The SMILES string of the molecule is CC(C(=O)O)c1cc2cc(F)c(Cl)cc2n1S(=O)(=O)c1ccccc1. The minimum Gasteiger partial charge on any atom is -0.481 e. The van der Waals surface area contributed by atoms with E-state index in [4.69, 9.17) is 11.6 Å². The van der Waals surface area contributed by atoms with Gasteiger partial charge in [-0.15, -0.1) is 0 Å². The summed E-state index contributed by atoms with van der Waals surface area (Å²) in [5, 5.41) is 9.33. The van der Waals surface area contributed by atoms with Crippen molar-refractivity contribution in [3.8, 4) is 0 Å². The van der Waals surface area contributed by atoms with Crippen molar-refractivity contribution in [1.29, 1.82) is 0 Å². The van der Waals surface area contributed by atoms with Crippen molar-refractivity contribution in [3.05, 3.63) is 65.1 Å². The lowest BCUT2D eigenvalue weighted by Gasteiger charge is -2.14. The van der Waals surface area contributed by atoms with E-state index in [2.05, 4.69) is 0 Å². The number of carboxylic acids is 1. The van der Waals surface area contributed by atoms with Gasteiger partial charge in [-0.1, -0.05) is 29.8 Å². The molecule has 1 N–H and O–H groups in total. The van der Waals surface area contributed by atoms with Gasteiger partial charge in [0, 0.05) is 11.1 Å². The molecule has 1 atom stereocenters. The third-order valence-corrected chi connectivity index (χ3v) is 5.97. The topological polar surface area (TPSA) is 76.4 Å². The second kappa shape index (κ2) is 6.16. The van der Waals surface area contributed by atoms with Crippen LogP contribution in [0.3, 0.4) is 0 Å². The zero-order chi connectivity index (χ0) is 18.4. The molecular formula is C17H13ClFNO4S. The molecule has 130 valence electrons. The van der Waals surface area contributed by atoms with E-state index < -0.39 is 27.7 Å². The molecule has 0 radical (unpaired) electrons. The maximum Gasteiger partial charge on any atom is 0.312 e. The Bertz CT molecular complexity index is 1080. The molecule has 0 saturated heterocycles. The minimum atomic E-state index is -4.09. The number of hydrogen-bond donors (Lipinski definition) is 1. The van der Waals surface area contributed by atoms with Crippen LogP contribution in [0, 0.1) is 5.82 Å². The van der Waals surface area contributed by atoms with E-state index in [1.165, 1.54) is 31.2 Å². The molecule has 1 heterocycles. The molecule has 0 amide bonds. The molecule has 0 aliphatic carbocycles. The standard InChI is InChI=1S/C17H13ClFNO4S/c1-10(17(21)22)15-8-11-7-14(19)13(18)9-16(11)20(15)25(23,24)12-5-3-2-4-6-12/h2-10H,1H3,(H,21,22). The third-order valence-electron chi connectivity index (χ3n) is 3.92. The number of aromatic nitrogens is 1. The summed E-state index contributed by atoms with van der Waals surface area (Å²) in [4.78, 5) is 11.4. The second-order valence-corrected chi connectivity index (χ2v) is 7.73. The molecule has 5 nitrogen and oxygen atoms in total. The first-order chi connectivity index (χ1) is 11.7. The van der Waals surface area contributed by atoms with Crippen molar-refractivity contribution in [3.63, 3.8) is 0 Å². The smallest absolute Gasteiger partial charge is 0.312 e. The first kappa shape index (κ1) is 17.4. The van der Waals surface area contributed by atoms with Crippen LogP contribution in [-0.4, -0.2) is 23.5 Å². The van der Waals surface area contributed by atoms with E-state index in [0.29, 0.717) is 0 Å². The van der Waals surface area contributed by atoms with Gasteiger partial charge < -0.3 is 5.11 Å². The average Bonchev–Trinajstić information content (AvgIpc) is 2.94. The van der Waals surface area contributed by atoms with Crippen LogP contribution in [0.25, 0.3) is 10.9 Å². The van der Waals surface area contributed by atoms with Crippen LogP contribution in [-0.2, 0) is 14.8 Å². The number of fused-ring (bicyclic) bond motifs is 1. The fourth-order valence-corrected chi connectivity index (χ4v) is 4.37. The summed E-state index contributed by atoms with van der Waals surface area (Å²) in [6.45, 7) is 1.37. The Balaban J connectivity index is 2.41. The third kappa shape index (κ3) is 2.89. The Labute approximate surface area is 148 Å². The molecule has 0 aliphatic rings. The number of aliphatic carboxylic acids is 1. The van der Waals surface area contributed by atoms with Crippen molar-refractivity contribution < 1.29 is 22.7 Å². The Hall–Kier alpha value is -2.38. The molecule has 0 spiro atoms. The van der Waals surface area contributed by atoms with Gasteiger partial charge in [-0.2, -0.15) is 0 Å². The molecule has 8 heteroatoms. The van der Waals surface area contributed by atoms with Gasteiger partial charge >= 0.3 is 5.97 Å². The summed E-state index contributed by atoms with van der Waals surface area (Å²) in [5.41, 5.74) is 0.145. The summed E-state index contributed by atoms with van der Waals surface area (Å²) >= 11 is 5.81. The average molecular weight is 382 g/mol. The van der Waals surface area contributed by atoms with Crippen LogP contribution in [0.15, 0.2) is 53.4 Å². The van der Waals surface area contributed by atoms with Crippen LogP contribution in [0.1, 0.15) is 18.5 Å². The van der Waals surface area contributed by atoms with Gasteiger partial charge in [-0.05, 0) is 37.3 Å². The minimum absolute atomic E-state index is 0.00761. The first-order valence-corrected chi connectivity index (χ1v) is 9.09. The van der Waals surface area contributed by atoms with Gasteiger partial charge in [0.25, 0.3) is 10.0 Å². The van der Waals surface area contributed by atoms with Crippen molar-refractivity contribution in [1.82, 2.24) is 3.97 Å². The fourth-order valence-electron chi connectivity index (χ4n) is 2.59. The van der Waals surface area contributed by atoms with Crippen molar-refractivity contribution in [2.45, 2.75) is 17.7 Å². The molecular weight excluding hydrogens is 369 g/mol. The molecule has 1 aromatic heterocycles. The molecule has 0 aliphatic heterocycles. The zero-order valence-electron chi connectivity index (χ0n) is 13.0. The summed E-state index contributed by atoms with van der Waals surface area (Å²) in [6, 6.07) is 11.2. The van der Waals surface area contributed by atoms with Gasteiger partial charge in [0.1, 0.15) is 5.82 Å². The lowest BCUT2D eigenvalue weighted by atomic mass is 10.1. The molecule has 0 bridgehead atoms. The summed E-state index contributed by atoms with van der Waals surface area (Å²) in [6.07, 6.45) is 0. The molecule has 2 aromatic carbocycles. The lowest BCUT2D eigenvalue weighted by Crippen LogP contribution is -2.20. The molecule has 1 unspecified atom stereocenters. The summed E-state index contributed by atoms with van der Waals surface area (Å²) in [7, 11) is -4.09. The van der Waals surface area contributed by atoms with Crippen molar-refractivity contribution in [2.75, 3.05) is 0 Å². The van der Waals surface area contributed by atoms with Crippen LogP contribution in [0.4, 0.5) is 4.39 Å². The van der Waals surface area contributed by atoms with Crippen LogP contribution < -0.4 is 0 Å². The van der Waals surface area contributed by atoms with E-state index >= 15 is 0 Å². The number of hydrogen-bond acceptors (Lipinski definition) is 3. The van der Waals surface area contributed by atoms with Crippen LogP contribution in [0.2, 0.25) is 5.02 Å². The summed E-state index contributed by atoms with van der Waals surface area (Å²) < 4.78 is 40.9. The lowest BCUT2D eigenvalue weighted by molar-refractivity contribution is -0.138. The highest BCUT2D eigenvalue weighted by Gasteiger charge is 2.28. The van der Waals surface area contributed by atoms with E-state index in [1.54, 1.807) is 18.2 Å². The highest BCUT2D eigenvalue weighted by Crippen LogP contribution is 2.32. The fraction of sp³-hybridized carbons (Fsp3) is 0.118. The van der Waals surface area contributed by atoms with Gasteiger partial charge in [0.15, 0.2) is 0 Å². The Morgan fingerprint density at radius 2 is 1.84 bits per heavy atom. The normalized spacial score (nSPS) is 13.1. The second-order valence-electron chi connectivity index (χ2n) is 5.54. The van der Waals surface area contributed by atoms with Crippen LogP contribution >= 0.6 is 11.6 Å². The quantitative estimate of drug-likeness (QED) is 0.744. The van der Waals surface area contributed by atoms with E-state index in [0.717, 1.165) is 10.0 Å². The Morgan fingerprint density at radius 1 is 1.20 bits per heavy atom. The van der Waals surface area contributed by atoms with Gasteiger partial charge in [0.05, 0.1) is 21.4 Å². The number of halogens is 2. The highest BCUT2D eigenvalue weighted by molar-refractivity contribution is 7.90. The Morgan fingerprint density at radius 3 is 2.44 bits per heavy atom. The predicted octanol–water partition coefficient (Wildman–Crippen LogP) is 3.86. The number of nitrogens with zero attached hydrogens (tertiary/aromatic N) is 1. The van der Waals surface area contributed by atoms with Gasteiger partial charge in [-0.3, -0.25) is 4.79 Å². The Kier molecular flexibility index (Phi) is 4.30. The number of carbonyl (C=O) groups is 1. The molecule has 25 heavy (non-hydrogen) atoms. The van der Waals surface area contributed by atoms with Gasteiger partial charge in [-0.25, -0.2) is 16.8 Å². The van der Waals surface area contributed by atoms with Gasteiger partial charge in [0.2, 0.25) is 0 Å². The monoisotopic (exact) mass is 381 g/mol. The number of rotatable bonds is 4. The zero-order valence-corrected chi connectivity index (χ0v) is 14.6. The molecule has 3 aromatic rings. The first-order valence-electron chi connectivity index (χ1n) is 7.27. The van der Waals surface area contributed by atoms with Crippen LogP contribution in [0.5, 0.6) is 0 Å². The number of benzene rings is 2. The maximum atomic E-state index is 13.8. The molecule has 0 saturated carbocycles. The number of carboxylic acid groups (broad SMARTS) is 1. The molecule has 0 fully saturated rings. The van der Waals surface area contributed by atoms with E-state index in [1.807, 2.05) is 0 Å². The van der Waals surface area contributed by atoms with Crippen molar-refractivity contribution >= 4 is 38.5 Å². The highest BCUT2D eigenvalue weighted by atomic mass is 35.5. The van der Waals surface area contributed by atoms with Crippen molar-refractivity contribution in [2.24, 2.45) is 0 Å². The summed E-state index contributed by atoms with van der Waals surface area (Å²) in [5.74, 6) is -3.02. The molecule has 3 rings (SSSR count). The largest absolute Gasteiger partial charge is 0.481 e.